The molecule has 1 N–H and O–H groups in total. The molecule has 1 nitrogen and oxygen atoms in total. The lowest BCUT2D eigenvalue weighted by molar-refractivity contribution is 1.55. The quantitative estimate of drug-likeness (QED) is 0.297. The summed E-state index contributed by atoms with van der Waals surface area (Å²) in [5.74, 6) is 0. The minimum absolute atomic E-state index is 1.20. The van der Waals surface area contributed by atoms with Crippen LogP contribution in [0.1, 0.15) is 0 Å². The minimum Gasteiger partial charge on any atom is -0.354 e. The molecule has 0 saturated carbocycles. The number of benzene rings is 5. The monoisotopic (exact) mass is 317 g/mol. The zero-order chi connectivity index (χ0) is 16.4. The Kier molecular flexibility index (Phi) is 2.40. The van der Waals surface area contributed by atoms with Crippen LogP contribution in [0.2, 0.25) is 0 Å². The molecule has 0 fully saturated rings. The summed E-state index contributed by atoms with van der Waals surface area (Å²) in [4.78, 5) is 3.57. The molecule has 6 rings (SSSR count). The third-order valence-electron chi connectivity index (χ3n) is 5.37. The van der Waals surface area contributed by atoms with E-state index in [1.54, 1.807) is 0 Å². The molecular weight excluding hydrogens is 302 g/mol. The Bertz CT molecular complexity index is 1440. The van der Waals surface area contributed by atoms with Gasteiger partial charge in [-0.25, -0.2) is 0 Å². The number of fused-ring (bicyclic) bond motifs is 9. The maximum atomic E-state index is 3.57. The van der Waals surface area contributed by atoms with Gasteiger partial charge in [-0.15, -0.1) is 0 Å². The molecule has 6 aromatic rings. The van der Waals surface area contributed by atoms with Crippen molar-refractivity contribution in [2.75, 3.05) is 0 Å². The van der Waals surface area contributed by atoms with E-state index in [0.717, 1.165) is 0 Å². The summed E-state index contributed by atoms with van der Waals surface area (Å²) in [6, 6.07) is 30.7. The molecule has 0 saturated heterocycles. The smallest absolute Gasteiger partial charge is 0.0471 e. The Labute approximate surface area is 144 Å². The Morgan fingerprint density at radius 2 is 1.12 bits per heavy atom. The summed E-state index contributed by atoms with van der Waals surface area (Å²) in [5, 5.41) is 10.5. The molecule has 25 heavy (non-hydrogen) atoms. The first kappa shape index (κ1) is 13.0. The summed E-state index contributed by atoms with van der Waals surface area (Å²) in [6.07, 6.45) is 0. The largest absolute Gasteiger partial charge is 0.354 e. The molecule has 1 aromatic heterocycles. The van der Waals surface area contributed by atoms with Crippen molar-refractivity contribution in [3.63, 3.8) is 0 Å². The molecule has 5 aromatic carbocycles. The first-order valence-corrected chi connectivity index (χ1v) is 8.64. The van der Waals surface area contributed by atoms with Crippen molar-refractivity contribution in [3.8, 4) is 0 Å². The van der Waals surface area contributed by atoms with Gasteiger partial charge in [0, 0.05) is 21.8 Å². The van der Waals surface area contributed by atoms with E-state index in [1.165, 1.54) is 54.1 Å². The van der Waals surface area contributed by atoms with Crippen LogP contribution in [0.4, 0.5) is 0 Å². The molecule has 0 aliphatic carbocycles. The van der Waals surface area contributed by atoms with E-state index in [4.69, 9.17) is 0 Å². The lowest BCUT2D eigenvalue weighted by Crippen LogP contribution is -1.82. The molecule has 0 radical (unpaired) electrons. The number of hydrogen-bond donors (Lipinski definition) is 1. The summed E-state index contributed by atoms with van der Waals surface area (Å²) in [6.45, 7) is 0. The maximum absolute atomic E-state index is 3.57. The second-order valence-electron chi connectivity index (χ2n) is 6.70. The number of hydrogen-bond acceptors (Lipinski definition) is 0. The number of H-pyrrole nitrogens is 1. The van der Waals surface area contributed by atoms with Crippen LogP contribution in [0.15, 0.2) is 84.9 Å². The van der Waals surface area contributed by atoms with Crippen LogP contribution < -0.4 is 0 Å². The van der Waals surface area contributed by atoms with Crippen LogP contribution in [-0.4, -0.2) is 4.98 Å². The molecule has 0 amide bonds. The van der Waals surface area contributed by atoms with Gasteiger partial charge >= 0.3 is 0 Å². The SMILES string of the molecule is c1ccc2c(c1)ccc1c2ccc2ccc3[nH]c4ccccc4c3c21. The number of rotatable bonds is 0. The van der Waals surface area contributed by atoms with Crippen LogP contribution in [0.3, 0.4) is 0 Å². The fourth-order valence-corrected chi connectivity index (χ4v) is 4.25. The van der Waals surface area contributed by atoms with Crippen molar-refractivity contribution in [1.82, 2.24) is 4.98 Å². The van der Waals surface area contributed by atoms with Gasteiger partial charge in [0.05, 0.1) is 0 Å². The van der Waals surface area contributed by atoms with Gasteiger partial charge in [-0.3, -0.25) is 0 Å². The summed E-state index contributed by atoms with van der Waals surface area (Å²) in [7, 11) is 0. The van der Waals surface area contributed by atoms with Gasteiger partial charge in [-0.05, 0) is 44.5 Å². The Morgan fingerprint density at radius 3 is 2.08 bits per heavy atom. The molecule has 0 aliphatic rings. The third-order valence-corrected chi connectivity index (χ3v) is 5.37. The zero-order valence-corrected chi connectivity index (χ0v) is 13.6. The molecule has 0 spiro atoms. The van der Waals surface area contributed by atoms with Crippen molar-refractivity contribution < 1.29 is 0 Å². The summed E-state index contributed by atoms with van der Waals surface area (Å²) < 4.78 is 0. The normalized spacial score (nSPS) is 12.0. The van der Waals surface area contributed by atoms with Gasteiger partial charge in [0.2, 0.25) is 0 Å². The van der Waals surface area contributed by atoms with Crippen molar-refractivity contribution in [3.05, 3.63) is 84.9 Å². The highest BCUT2D eigenvalue weighted by molar-refractivity contribution is 6.29. The average Bonchev–Trinajstić information content (AvgIpc) is 3.06. The van der Waals surface area contributed by atoms with Crippen LogP contribution >= 0.6 is 0 Å². The molecular formula is C24H15N. The predicted octanol–water partition coefficient (Wildman–Crippen LogP) is 6.78. The van der Waals surface area contributed by atoms with Crippen molar-refractivity contribution in [2.24, 2.45) is 0 Å². The standard InChI is InChI=1S/C24H15N/c1-2-6-17-15(5-1)9-13-19-18(17)12-10-16-11-14-22-24(23(16)19)20-7-3-4-8-21(20)25-22/h1-14,25H. The molecule has 0 aliphatic heterocycles. The third kappa shape index (κ3) is 1.67. The van der Waals surface area contributed by atoms with Crippen LogP contribution in [0, 0.1) is 0 Å². The average molecular weight is 317 g/mol. The van der Waals surface area contributed by atoms with Gasteiger partial charge in [-0.1, -0.05) is 72.8 Å². The van der Waals surface area contributed by atoms with Crippen LogP contribution in [-0.2, 0) is 0 Å². The first-order chi connectivity index (χ1) is 12.4. The number of aromatic amines is 1. The number of aromatic nitrogens is 1. The van der Waals surface area contributed by atoms with E-state index < -0.39 is 0 Å². The van der Waals surface area contributed by atoms with Crippen LogP contribution in [0.25, 0.3) is 54.1 Å². The Balaban J connectivity index is 1.96. The lowest BCUT2D eigenvalue weighted by atomic mass is 9.94. The second kappa shape index (κ2) is 4.61. The molecule has 0 unspecified atom stereocenters. The zero-order valence-electron chi connectivity index (χ0n) is 13.6. The van der Waals surface area contributed by atoms with Crippen molar-refractivity contribution in [1.29, 1.82) is 0 Å². The van der Waals surface area contributed by atoms with Gasteiger partial charge in [0.15, 0.2) is 0 Å². The van der Waals surface area contributed by atoms with E-state index >= 15 is 0 Å². The fraction of sp³-hybridized carbons (Fsp3) is 0. The highest BCUT2D eigenvalue weighted by Crippen LogP contribution is 2.38. The Morgan fingerprint density at radius 1 is 0.400 bits per heavy atom. The van der Waals surface area contributed by atoms with Crippen molar-refractivity contribution in [2.45, 2.75) is 0 Å². The predicted molar refractivity (Wildman–Crippen MR) is 108 cm³/mol. The van der Waals surface area contributed by atoms with E-state index in [2.05, 4.69) is 89.9 Å². The van der Waals surface area contributed by atoms with Crippen LogP contribution in [0.5, 0.6) is 0 Å². The number of para-hydroxylation sites is 1. The lowest BCUT2D eigenvalue weighted by Gasteiger charge is -2.09. The van der Waals surface area contributed by atoms with Gasteiger partial charge in [0.1, 0.15) is 0 Å². The summed E-state index contributed by atoms with van der Waals surface area (Å²) in [5.41, 5.74) is 2.40. The molecule has 1 heteroatoms. The molecule has 116 valence electrons. The first-order valence-electron chi connectivity index (χ1n) is 8.64. The number of nitrogens with one attached hydrogen (secondary N) is 1. The minimum atomic E-state index is 1.20. The fourth-order valence-electron chi connectivity index (χ4n) is 4.25. The highest BCUT2D eigenvalue weighted by Gasteiger charge is 2.11. The molecule has 1 heterocycles. The van der Waals surface area contributed by atoms with E-state index in [1.807, 2.05) is 0 Å². The molecule has 0 bridgehead atoms. The van der Waals surface area contributed by atoms with Crippen molar-refractivity contribution >= 4 is 54.1 Å². The van der Waals surface area contributed by atoms with Gasteiger partial charge < -0.3 is 4.98 Å². The van der Waals surface area contributed by atoms with E-state index in [0.29, 0.717) is 0 Å². The Hall–Kier alpha value is -3.32. The van der Waals surface area contributed by atoms with E-state index in [9.17, 15) is 0 Å². The maximum Gasteiger partial charge on any atom is 0.0471 e. The van der Waals surface area contributed by atoms with Gasteiger partial charge in [-0.2, -0.15) is 0 Å². The van der Waals surface area contributed by atoms with Gasteiger partial charge in [0.25, 0.3) is 0 Å². The van der Waals surface area contributed by atoms with E-state index in [-0.39, 0.29) is 0 Å². The highest BCUT2D eigenvalue weighted by atomic mass is 14.7. The topological polar surface area (TPSA) is 15.8 Å². The molecule has 0 atom stereocenters. The summed E-state index contributed by atoms with van der Waals surface area (Å²) >= 11 is 0. The second-order valence-corrected chi connectivity index (χ2v) is 6.70.